The Labute approximate surface area is 61.4 Å². The smallest absolute Gasteiger partial charge is 0.239 e. The molecule has 1 rings (SSSR count). The van der Waals surface area contributed by atoms with Gasteiger partial charge in [0.05, 0.1) is 6.04 Å². The summed E-state index contributed by atoms with van der Waals surface area (Å²) in [5.74, 6) is 0.164. The maximum Gasteiger partial charge on any atom is 0.239 e. The maximum atomic E-state index is 10.9. The van der Waals surface area contributed by atoms with Crippen LogP contribution < -0.4 is 5.32 Å². The first-order valence-electron chi connectivity index (χ1n) is 3.63. The average Bonchev–Trinajstić information content (AvgIpc) is 1.80. The van der Waals surface area contributed by atoms with Crippen LogP contribution in [-0.4, -0.2) is 37.0 Å². The Balaban J connectivity index is 2.48. The zero-order valence-corrected chi connectivity index (χ0v) is 6.72. The standard InChI is InChI=1S/C7H14N2O/c1-4-5-6(9(2)3)7(10)8-5/h5-6H,4H2,1-3H3,(H,8,10). The number of nitrogens with zero attached hydrogens (tertiary/aromatic N) is 1. The molecule has 0 aliphatic carbocycles. The van der Waals surface area contributed by atoms with Crippen molar-refractivity contribution < 1.29 is 4.79 Å². The van der Waals surface area contributed by atoms with Crippen molar-refractivity contribution in [2.24, 2.45) is 0 Å². The number of β-lactam (4-membered cyclic amide) rings is 1. The molecule has 10 heavy (non-hydrogen) atoms. The quantitative estimate of drug-likeness (QED) is 0.543. The highest BCUT2D eigenvalue weighted by Crippen LogP contribution is 2.13. The fourth-order valence-electron chi connectivity index (χ4n) is 1.35. The van der Waals surface area contributed by atoms with Crippen LogP contribution in [0.1, 0.15) is 13.3 Å². The van der Waals surface area contributed by atoms with Crippen molar-refractivity contribution in [1.29, 1.82) is 0 Å². The minimum absolute atomic E-state index is 0.116. The summed E-state index contributed by atoms with van der Waals surface area (Å²) < 4.78 is 0. The summed E-state index contributed by atoms with van der Waals surface area (Å²) in [5.41, 5.74) is 0. The Hall–Kier alpha value is -0.570. The summed E-state index contributed by atoms with van der Waals surface area (Å²) in [7, 11) is 3.87. The van der Waals surface area contributed by atoms with Crippen LogP contribution in [0.2, 0.25) is 0 Å². The van der Waals surface area contributed by atoms with Crippen LogP contribution in [-0.2, 0) is 4.79 Å². The SMILES string of the molecule is CCC1NC(=O)C1N(C)C. The second-order valence-electron chi connectivity index (χ2n) is 2.93. The minimum Gasteiger partial charge on any atom is -0.350 e. The molecule has 3 nitrogen and oxygen atoms in total. The Morgan fingerprint density at radius 1 is 1.60 bits per heavy atom. The van der Waals surface area contributed by atoms with Gasteiger partial charge in [0.1, 0.15) is 6.04 Å². The van der Waals surface area contributed by atoms with Gasteiger partial charge in [0.2, 0.25) is 5.91 Å². The molecule has 2 unspecified atom stereocenters. The van der Waals surface area contributed by atoms with Crippen molar-refractivity contribution in [2.75, 3.05) is 14.1 Å². The number of nitrogens with one attached hydrogen (secondary N) is 1. The van der Waals surface area contributed by atoms with Gasteiger partial charge in [-0.3, -0.25) is 9.69 Å². The predicted octanol–water partition coefficient (Wildman–Crippen LogP) is -0.175. The molecular formula is C7H14N2O. The molecule has 1 amide bonds. The van der Waals surface area contributed by atoms with Crippen molar-refractivity contribution >= 4 is 5.91 Å². The Morgan fingerprint density at radius 3 is 2.40 bits per heavy atom. The van der Waals surface area contributed by atoms with Crippen molar-refractivity contribution in [3.05, 3.63) is 0 Å². The summed E-state index contributed by atoms with van der Waals surface area (Å²) in [6.45, 7) is 2.08. The van der Waals surface area contributed by atoms with E-state index in [-0.39, 0.29) is 11.9 Å². The summed E-state index contributed by atoms with van der Waals surface area (Å²) in [6.07, 6.45) is 1.02. The van der Waals surface area contributed by atoms with Gasteiger partial charge in [-0.2, -0.15) is 0 Å². The molecule has 0 aromatic carbocycles. The molecule has 1 aliphatic rings. The molecule has 0 bridgehead atoms. The third kappa shape index (κ3) is 1.01. The van der Waals surface area contributed by atoms with Crippen LogP contribution in [0.5, 0.6) is 0 Å². The van der Waals surface area contributed by atoms with E-state index in [0.717, 1.165) is 6.42 Å². The topological polar surface area (TPSA) is 32.3 Å². The summed E-state index contributed by atoms with van der Waals surface area (Å²) in [4.78, 5) is 12.9. The second-order valence-corrected chi connectivity index (χ2v) is 2.93. The number of rotatable bonds is 2. The molecule has 1 heterocycles. The van der Waals surface area contributed by atoms with Crippen LogP contribution in [0, 0.1) is 0 Å². The van der Waals surface area contributed by atoms with Gasteiger partial charge in [0, 0.05) is 0 Å². The van der Waals surface area contributed by atoms with Gasteiger partial charge >= 0.3 is 0 Å². The fraction of sp³-hybridized carbons (Fsp3) is 0.857. The first-order valence-corrected chi connectivity index (χ1v) is 3.63. The number of carbonyl (C=O) groups excluding carboxylic acids is 1. The van der Waals surface area contributed by atoms with Crippen molar-refractivity contribution in [3.63, 3.8) is 0 Å². The van der Waals surface area contributed by atoms with Gasteiger partial charge in [-0.15, -0.1) is 0 Å². The lowest BCUT2D eigenvalue weighted by atomic mass is 9.96. The van der Waals surface area contributed by atoms with E-state index in [1.54, 1.807) is 0 Å². The number of hydrogen-bond donors (Lipinski definition) is 1. The van der Waals surface area contributed by atoms with Gasteiger partial charge in [0.15, 0.2) is 0 Å². The monoisotopic (exact) mass is 142 g/mol. The third-order valence-corrected chi connectivity index (χ3v) is 1.97. The Morgan fingerprint density at radius 2 is 2.20 bits per heavy atom. The first kappa shape index (κ1) is 7.54. The molecule has 1 aliphatic heterocycles. The van der Waals surface area contributed by atoms with Gasteiger partial charge in [0.25, 0.3) is 0 Å². The number of hydrogen-bond acceptors (Lipinski definition) is 2. The highest BCUT2D eigenvalue weighted by atomic mass is 16.2. The van der Waals surface area contributed by atoms with E-state index >= 15 is 0 Å². The molecule has 0 radical (unpaired) electrons. The zero-order chi connectivity index (χ0) is 7.72. The normalized spacial score (nSPS) is 31.8. The van der Waals surface area contributed by atoms with Gasteiger partial charge in [-0.05, 0) is 20.5 Å². The molecule has 1 saturated heterocycles. The number of likely N-dealkylation sites (N-methyl/N-ethyl adjacent to an activating group) is 1. The predicted molar refractivity (Wildman–Crippen MR) is 39.7 cm³/mol. The first-order chi connectivity index (χ1) is 4.66. The molecule has 58 valence electrons. The van der Waals surface area contributed by atoms with Crippen molar-refractivity contribution in [2.45, 2.75) is 25.4 Å². The van der Waals surface area contributed by atoms with E-state index in [0.29, 0.717) is 6.04 Å². The van der Waals surface area contributed by atoms with Gasteiger partial charge < -0.3 is 5.32 Å². The average molecular weight is 142 g/mol. The minimum atomic E-state index is 0.116. The maximum absolute atomic E-state index is 10.9. The van der Waals surface area contributed by atoms with Gasteiger partial charge in [-0.1, -0.05) is 6.92 Å². The molecule has 0 saturated carbocycles. The van der Waals surface area contributed by atoms with Crippen LogP contribution in [0.3, 0.4) is 0 Å². The van der Waals surface area contributed by atoms with Crippen molar-refractivity contribution in [3.8, 4) is 0 Å². The Bertz CT molecular complexity index is 145. The molecule has 3 heteroatoms. The molecule has 2 atom stereocenters. The van der Waals surface area contributed by atoms with Crippen molar-refractivity contribution in [1.82, 2.24) is 10.2 Å². The summed E-state index contributed by atoms with van der Waals surface area (Å²) in [5, 5.41) is 2.84. The van der Waals surface area contributed by atoms with E-state index < -0.39 is 0 Å². The lowest BCUT2D eigenvalue weighted by molar-refractivity contribution is -0.135. The van der Waals surface area contributed by atoms with E-state index in [2.05, 4.69) is 12.2 Å². The zero-order valence-electron chi connectivity index (χ0n) is 6.72. The number of carbonyl (C=O) groups is 1. The second kappa shape index (κ2) is 2.58. The fourth-order valence-corrected chi connectivity index (χ4v) is 1.35. The summed E-state index contributed by atoms with van der Waals surface area (Å²) >= 11 is 0. The van der Waals surface area contributed by atoms with Gasteiger partial charge in [-0.25, -0.2) is 0 Å². The van der Waals surface area contributed by atoms with E-state index in [9.17, 15) is 4.79 Å². The van der Waals surface area contributed by atoms with E-state index in [1.165, 1.54) is 0 Å². The molecule has 1 fully saturated rings. The molecule has 0 aromatic heterocycles. The number of amides is 1. The van der Waals surface area contributed by atoms with Crippen LogP contribution in [0.25, 0.3) is 0 Å². The van der Waals surface area contributed by atoms with Crippen LogP contribution >= 0.6 is 0 Å². The molecular weight excluding hydrogens is 128 g/mol. The van der Waals surface area contributed by atoms with Crippen LogP contribution in [0.4, 0.5) is 0 Å². The Kier molecular flexibility index (Phi) is 1.94. The summed E-state index contributed by atoms with van der Waals surface area (Å²) in [6, 6.07) is 0.493. The van der Waals surface area contributed by atoms with Crippen LogP contribution in [0.15, 0.2) is 0 Å². The lowest BCUT2D eigenvalue weighted by Gasteiger charge is -2.40. The third-order valence-electron chi connectivity index (χ3n) is 1.97. The molecule has 0 spiro atoms. The molecule has 0 aromatic rings. The van der Waals surface area contributed by atoms with E-state index in [4.69, 9.17) is 0 Å². The highest BCUT2D eigenvalue weighted by Gasteiger charge is 2.39. The lowest BCUT2D eigenvalue weighted by Crippen LogP contribution is -2.67. The van der Waals surface area contributed by atoms with E-state index in [1.807, 2.05) is 19.0 Å². The largest absolute Gasteiger partial charge is 0.350 e. The molecule has 1 N–H and O–H groups in total. The highest BCUT2D eigenvalue weighted by molar-refractivity contribution is 5.89.